The van der Waals surface area contributed by atoms with Crippen LogP contribution in [0.1, 0.15) is 17.0 Å². The van der Waals surface area contributed by atoms with Crippen molar-refractivity contribution in [1.29, 1.82) is 5.26 Å². The van der Waals surface area contributed by atoms with Crippen LogP contribution in [0.25, 0.3) is 0 Å². The van der Waals surface area contributed by atoms with Crippen molar-refractivity contribution in [2.24, 2.45) is 0 Å². The van der Waals surface area contributed by atoms with Crippen LogP contribution in [-0.4, -0.2) is 14.8 Å². The Morgan fingerprint density at radius 3 is 2.72 bits per heavy atom. The molecule has 0 amide bonds. The first-order chi connectivity index (χ1) is 8.49. The molecule has 1 heterocycles. The Labute approximate surface area is 100 Å². The second kappa shape index (κ2) is 4.49. The van der Waals surface area contributed by atoms with Crippen molar-refractivity contribution in [3.8, 4) is 6.07 Å². The summed E-state index contributed by atoms with van der Waals surface area (Å²) in [5, 5.41) is 12.3. The van der Waals surface area contributed by atoms with Crippen LogP contribution >= 0.6 is 0 Å². The summed E-state index contributed by atoms with van der Waals surface area (Å²) in [4.78, 5) is 3.67. The van der Waals surface area contributed by atoms with E-state index in [1.165, 1.54) is 17.1 Å². The van der Waals surface area contributed by atoms with Gasteiger partial charge >= 0.3 is 6.18 Å². The zero-order valence-electron chi connectivity index (χ0n) is 9.02. The molecule has 2 aromatic rings. The van der Waals surface area contributed by atoms with Gasteiger partial charge < -0.3 is 0 Å². The van der Waals surface area contributed by atoms with Gasteiger partial charge in [-0.05, 0) is 17.7 Å². The summed E-state index contributed by atoms with van der Waals surface area (Å²) in [7, 11) is 0. The molecule has 2 rings (SSSR count). The van der Waals surface area contributed by atoms with Crippen molar-refractivity contribution < 1.29 is 13.2 Å². The molecule has 0 aliphatic carbocycles. The first-order valence-electron chi connectivity index (χ1n) is 4.95. The molecule has 0 aliphatic rings. The Kier molecular flexibility index (Phi) is 3.02. The first kappa shape index (κ1) is 12.1. The van der Waals surface area contributed by atoms with Crippen LogP contribution in [-0.2, 0) is 12.7 Å². The van der Waals surface area contributed by atoms with Crippen LogP contribution in [0.3, 0.4) is 0 Å². The van der Waals surface area contributed by atoms with Gasteiger partial charge in [0.25, 0.3) is 5.82 Å². The fraction of sp³-hybridized carbons (Fsp3) is 0.182. The smallest absolute Gasteiger partial charge is 0.247 e. The minimum atomic E-state index is -4.36. The maximum Gasteiger partial charge on any atom is 0.416 e. The molecule has 0 atom stereocenters. The molecule has 1 aromatic heterocycles. The number of benzene rings is 1. The van der Waals surface area contributed by atoms with Gasteiger partial charge in [0.2, 0.25) is 0 Å². The van der Waals surface area contributed by atoms with Crippen molar-refractivity contribution in [2.45, 2.75) is 12.7 Å². The van der Waals surface area contributed by atoms with Crippen molar-refractivity contribution in [2.75, 3.05) is 0 Å². The average molecular weight is 252 g/mol. The molecule has 0 N–H and O–H groups in total. The summed E-state index contributed by atoms with van der Waals surface area (Å²) in [5.41, 5.74) is -0.264. The maximum absolute atomic E-state index is 12.5. The SMILES string of the molecule is N#Cc1ncn(Cc2cccc(C(F)(F)F)c2)n1. The van der Waals surface area contributed by atoms with Crippen LogP contribution in [0.5, 0.6) is 0 Å². The van der Waals surface area contributed by atoms with Crippen molar-refractivity contribution in [1.82, 2.24) is 14.8 Å². The highest BCUT2D eigenvalue weighted by atomic mass is 19.4. The standard InChI is InChI=1S/C11H7F3N4/c12-11(13,14)9-3-1-2-8(4-9)6-18-7-16-10(5-15)17-18/h1-4,7H,6H2. The Bertz CT molecular complexity index is 595. The zero-order chi connectivity index (χ0) is 13.2. The third-order valence-electron chi connectivity index (χ3n) is 2.24. The molecule has 0 bridgehead atoms. The summed E-state index contributed by atoms with van der Waals surface area (Å²) in [6, 6.07) is 6.69. The monoisotopic (exact) mass is 252 g/mol. The van der Waals surface area contributed by atoms with E-state index in [1.54, 1.807) is 12.1 Å². The van der Waals surface area contributed by atoms with Gasteiger partial charge in [0.15, 0.2) is 0 Å². The topological polar surface area (TPSA) is 54.5 Å². The zero-order valence-corrected chi connectivity index (χ0v) is 9.02. The maximum atomic E-state index is 12.5. The molecule has 0 unspecified atom stereocenters. The van der Waals surface area contributed by atoms with Gasteiger partial charge in [0.1, 0.15) is 12.4 Å². The van der Waals surface area contributed by atoms with Crippen LogP contribution in [0, 0.1) is 11.3 Å². The van der Waals surface area contributed by atoms with Gasteiger partial charge in [0.05, 0.1) is 12.1 Å². The molecular formula is C11H7F3N4. The van der Waals surface area contributed by atoms with Crippen LogP contribution in [0.15, 0.2) is 30.6 Å². The van der Waals surface area contributed by atoms with E-state index in [-0.39, 0.29) is 12.4 Å². The minimum Gasteiger partial charge on any atom is -0.247 e. The third kappa shape index (κ3) is 2.66. The summed E-state index contributed by atoms with van der Waals surface area (Å²) in [6.07, 6.45) is -3.06. The Morgan fingerprint density at radius 1 is 1.33 bits per heavy atom. The summed E-state index contributed by atoms with van der Waals surface area (Å²) < 4.78 is 38.8. The minimum absolute atomic E-state index is 0.0121. The van der Waals surface area contributed by atoms with Crippen LogP contribution in [0.4, 0.5) is 13.2 Å². The van der Waals surface area contributed by atoms with Gasteiger partial charge in [-0.3, -0.25) is 0 Å². The van der Waals surface area contributed by atoms with Gasteiger partial charge in [0, 0.05) is 0 Å². The summed E-state index contributed by atoms with van der Waals surface area (Å²) in [5.74, 6) is -0.0121. The van der Waals surface area contributed by atoms with Gasteiger partial charge in [-0.15, -0.1) is 5.10 Å². The number of aromatic nitrogens is 3. The third-order valence-corrected chi connectivity index (χ3v) is 2.24. The number of nitriles is 1. The van der Waals surface area contributed by atoms with Crippen LogP contribution in [0.2, 0.25) is 0 Å². The van der Waals surface area contributed by atoms with E-state index in [4.69, 9.17) is 5.26 Å². The van der Waals surface area contributed by atoms with Crippen molar-refractivity contribution in [3.05, 3.63) is 47.5 Å². The fourth-order valence-electron chi connectivity index (χ4n) is 1.46. The number of hydrogen-bond donors (Lipinski definition) is 0. The molecule has 0 saturated carbocycles. The fourth-order valence-corrected chi connectivity index (χ4v) is 1.46. The second-order valence-corrected chi connectivity index (χ2v) is 3.58. The largest absolute Gasteiger partial charge is 0.416 e. The lowest BCUT2D eigenvalue weighted by Gasteiger charge is -2.08. The van der Waals surface area contributed by atoms with Crippen molar-refractivity contribution >= 4 is 0 Å². The molecule has 0 spiro atoms. The molecule has 7 heteroatoms. The average Bonchev–Trinajstić information content (AvgIpc) is 2.76. The Morgan fingerprint density at radius 2 is 2.11 bits per heavy atom. The molecule has 0 saturated heterocycles. The number of nitrogens with zero attached hydrogens (tertiary/aromatic N) is 4. The lowest BCUT2D eigenvalue weighted by atomic mass is 10.1. The molecule has 4 nitrogen and oxygen atoms in total. The van der Waals surface area contributed by atoms with Crippen LogP contribution < -0.4 is 0 Å². The van der Waals surface area contributed by atoms with Gasteiger partial charge in [-0.2, -0.15) is 18.4 Å². The molecule has 0 radical (unpaired) electrons. The highest BCUT2D eigenvalue weighted by Crippen LogP contribution is 2.29. The normalized spacial score (nSPS) is 11.2. The molecule has 92 valence electrons. The molecule has 0 aliphatic heterocycles. The van der Waals surface area contributed by atoms with E-state index in [0.717, 1.165) is 12.1 Å². The Hall–Kier alpha value is -2.36. The van der Waals surface area contributed by atoms with E-state index in [9.17, 15) is 13.2 Å². The molecule has 1 aromatic carbocycles. The quantitative estimate of drug-likeness (QED) is 0.823. The van der Waals surface area contributed by atoms with E-state index in [1.807, 2.05) is 0 Å². The molecule has 0 fully saturated rings. The van der Waals surface area contributed by atoms with E-state index < -0.39 is 11.7 Å². The van der Waals surface area contributed by atoms with E-state index in [2.05, 4.69) is 10.1 Å². The van der Waals surface area contributed by atoms with Crippen molar-refractivity contribution in [3.63, 3.8) is 0 Å². The van der Waals surface area contributed by atoms with Gasteiger partial charge in [-0.25, -0.2) is 9.67 Å². The Balaban J connectivity index is 2.22. The summed E-state index contributed by atoms with van der Waals surface area (Å²) >= 11 is 0. The summed E-state index contributed by atoms with van der Waals surface area (Å²) in [6.45, 7) is 0.137. The number of halogens is 3. The number of alkyl halides is 3. The predicted octanol–water partition coefficient (Wildman–Crippen LogP) is 2.22. The molecular weight excluding hydrogens is 245 g/mol. The highest BCUT2D eigenvalue weighted by molar-refractivity contribution is 5.25. The first-order valence-corrected chi connectivity index (χ1v) is 4.95. The number of rotatable bonds is 2. The molecule has 18 heavy (non-hydrogen) atoms. The van der Waals surface area contributed by atoms with E-state index >= 15 is 0 Å². The van der Waals surface area contributed by atoms with Gasteiger partial charge in [-0.1, -0.05) is 12.1 Å². The highest BCUT2D eigenvalue weighted by Gasteiger charge is 2.30. The second-order valence-electron chi connectivity index (χ2n) is 3.58. The predicted molar refractivity (Wildman–Crippen MR) is 55.3 cm³/mol. The number of hydrogen-bond acceptors (Lipinski definition) is 3. The lowest BCUT2D eigenvalue weighted by Crippen LogP contribution is -2.07. The lowest BCUT2D eigenvalue weighted by molar-refractivity contribution is -0.137. The van der Waals surface area contributed by atoms with E-state index in [0.29, 0.717) is 5.56 Å².